The monoisotopic (exact) mass is 470 g/mol. The molecule has 0 spiro atoms. The lowest BCUT2D eigenvalue weighted by Gasteiger charge is -2.24. The van der Waals surface area contributed by atoms with Crippen molar-refractivity contribution in [2.24, 2.45) is 0 Å². The van der Waals surface area contributed by atoms with E-state index in [1.165, 1.54) is 12.1 Å². The van der Waals surface area contributed by atoms with Gasteiger partial charge in [0.25, 0.3) is 5.91 Å². The van der Waals surface area contributed by atoms with Gasteiger partial charge in [-0.05, 0) is 60.2 Å². The van der Waals surface area contributed by atoms with Gasteiger partial charge in [0.15, 0.2) is 11.5 Å². The maximum absolute atomic E-state index is 13.2. The summed E-state index contributed by atoms with van der Waals surface area (Å²) in [6, 6.07) is 15.6. The number of amides is 1. The van der Waals surface area contributed by atoms with Gasteiger partial charge in [0.1, 0.15) is 0 Å². The van der Waals surface area contributed by atoms with Crippen molar-refractivity contribution < 1.29 is 22.7 Å². The molecule has 166 valence electrons. The van der Waals surface area contributed by atoms with Gasteiger partial charge in [0, 0.05) is 23.5 Å². The Labute approximate surface area is 190 Å². The topological polar surface area (TPSA) is 84.9 Å². The fourth-order valence-electron chi connectivity index (χ4n) is 4.06. The molecule has 3 heterocycles. The van der Waals surface area contributed by atoms with Crippen LogP contribution in [-0.4, -0.2) is 32.6 Å². The van der Waals surface area contributed by atoms with E-state index < -0.39 is 10.0 Å². The Kier molecular flexibility index (Phi) is 5.62. The lowest BCUT2D eigenvalue weighted by Crippen LogP contribution is -2.30. The molecule has 0 bridgehead atoms. The zero-order chi connectivity index (χ0) is 22.1. The van der Waals surface area contributed by atoms with Gasteiger partial charge in [-0.15, -0.1) is 11.3 Å². The molecule has 32 heavy (non-hydrogen) atoms. The molecule has 1 N–H and O–H groups in total. The number of nitrogens with one attached hydrogen (secondary N) is 1. The first-order chi connectivity index (χ1) is 15.5. The van der Waals surface area contributed by atoms with Gasteiger partial charge < -0.3 is 14.4 Å². The van der Waals surface area contributed by atoms with Crippen LogP contribution in [0, 0.1) is 0 Å². The summed E-state index contributed by atoms with van der Waals surface area (Å²) in [6.07, 6.45) is 1.85. The molecule has 1 amide bonds. The van der Waals surface area contributed by atoms with E-state index in [9.17, 15) is 13.2 Å². The quantitative estimate of drug-likeness (QED) is 0.590. The molecule has 1 saturated heterocycles. The lowest BCUT2D eigenvalue weighted by atomic mass is 10.1. The summed E-state index contributed by atoms with van der Waals surface area (Å²) < 4.78 is 39.0. The van der Waals surface area contributed by atoms with Crippen LogP contribution in [0.1, 0.15) is 39.7 Å². The van der Waals surface area contributed by atoms with Crippen molar-refractivity contribution in [3.63, 3.8) is 0 Å². The number of carbonyl (C=O) groups excluding carboxylic acids is 1. The molecule has 2 aliphatic heterocycles. The first kappa shape index (κ1) is 21.0. The van der Waals surface area contributed by atoms with Crippen LogP contribution >= 0.6 is 11.3 Å². The fourth-order valence-corrected chi connectivity index (χ4v) is 6.00. The molecular weight excluding hydrogens is 448 g/mol. The van der Waals surface area contributed by atoms with E-state index >= 15 is 0 Å². The predicted octanol–water partition coefficient (Wildman–Crippen LogP) is 3.93. The van der Waals surface area contributed by atoms with Gasteiger partial charge in [-0.25, -0.2) is 13.1 Å². The highest BCUT2D eigenvalue weighted by atomic mass is 32.2. The Morgan fingerprint density at radius 3 is 2.81 bits per heavy atom. The van der Waals surface area contributed by atoms with Gasteiger partial charge in [-0.3, -0.25) is 4.79 Å². The highest BCUT2D eigenvalue weighted by Crippen LogP contribution is 2.36. The molecule has 1 fully saturated rings. The van der Waals surface area contributed by atoms with Crippen molar-refractivity contribution in [3.05, 3.63) is 76.0 Å². The number of rotatable bonds is 6. The fraction of sp³-hybridized carbons (Fsp3) is 0.261. The summed E-state index contributed by atoms with van der Waals surface area (Å²) in [5.41, 5.74) is 1.13. The number of thiophene rings is 1. The second-order valence-electron chi connectivity index (χ2n) is 7.71. The molecule has 1 aromatic heterocycles. The third-order valence-corrected chi connectivity index (χ3v) is 8.05. The van der Waals surface area contributed by atoms with Crippen LogP contribution in [-0.2, 0) is 16.6 Å². The summed E-state index contributed by atoms with van der Waals surface area (Å²) in [5, 5.41) is 2.01. The van der Waals surface area contributed by atoms with Crippen LogP contribution in [0.3, 0.4) is 0 Å². The van der Waals surface area contributed by atoms with Gasteiger partial charge in [-0.2, -0.15) is 0 Å². The molecule has 2 aliphatic rings. The summed E-state index contributed by atoms with van der Waals surface area (Å²) in [4.78, 5) is 16.3. The van der Waals surface area contributed by atoms with Gasteiger partial charge in [0.2, 0.25) is 16.8 Å². The maximum atomic E-state index is 13.2. The molecule has 5 rings (SSSR count). The molecular formula is C23H22N2O5S2. The van der Waals surface area contributed by atoms with Crippen molar-refractivity contribution in [2.45, 2.75) is 30.3 Å². The number of nitrogens with zero attached hydrogens (tertiary/aromatic N) is 1. The number of fused-ring (bicyclic) bond motifs is 1. The molecule has 1 unspecified atom stereocenters. The number of sulfonamides is 1. The zero-order valence-corrected chi connectivity index (χ0v) is 18.8. The molecule has 0 aliphatic carbocycles. The number of benzene rings is 2. The molecule has 1 atom stereocenters. The second-order valence-corrected chi connectivity index (χ2v) is 10.5. The number of hydrogen-bond donors (Lipinski definition) is 1. The second kappa shape index (κ2) is 8.57. The smallest absolute Gasteiger partial charge is 0.254 e. The Morgan fingerprint density at radius 2 is 1.97 bits per heavy atom. The average molecular weight is 471 g/mol. The molecule has 9 heteroatoms. The predicted molar refractivity (Wildman–Crippen MR) is 120 cm³/mol. The minimum absolute atomic E-state index is 0.0481. The van der Waals surface area contributed by atoms with Gasteiger partial charge >= 0.3 is 0 Å². The summed E-state index contributed by atoms with van der Waals surface area (Å²) in [6.45, 7) is 0.931. The van der Waals surface area contributed by atoms with Crippen molar-refractivity contribution in [1.82, 2.24) is 9.62 Å². The normalized spacial score (nSPS) is 17.6. The number of ether oxygens (including phenoxy) is 2. The van der Waals surface area contributed by atoms with Crippen LogP contribution in [0.5, 0.6) is 11.5 Å². The summed E-state index contributed by atoms with van der Waals surface area (Å²) >= 11 is 1.64. The van der Waals surface area contributed by atoms with E-state index in [-0.39, 0.29) is 30.2 Å². The van der Waals surface area contributed by atoms with Crippen LogP contribution in [0.15, 0.2) is 64.9 Å². The Bertz CT molecular complexity index is 1240. The van der Waals surface area contributed by atoms with E-state index in [2.05, 4.69) is 4.72 Å². The number of likely N-dealkylation sites (tertiary alicyclic amines) is 1. The van der Waals surface area contributed by atoms with Gasteiger partial charge in [-0.1, -0.05) is 18.2 Å². The molecule has 2 aromatic carbocycles. The lowest BCUT2D eigenvalue weighted by molar-refractivity contribution is 0.0737. The Morgan fingerprint density at radius 1 is 1.09 bits per heavy atom. The van der Waals surface area contributed by atoms with Crippen molar-refractivity contribution in [1.29, 1.82) is 0 Å². The van der Waals surface area contributed by atoms with Crippen LogP contribution in [0.4, 0.5) is 0 Å². The van der Waals surface area contributed by atoms with E-state index in [1.54, 1.807) is 41.7 Å². The zero-order valence-electron chi connectivity index (χ0n) is 17.2. The number of carbonyl (C=O) groups is 1. The van der Waals surface area contributed by atoms with Crippen LogP contribution in [0.2, 0.25) is 0 Å². The van der Waals surface area contributed by atoms with Crippen LogP contribution in [0.25, 0.3) is 0 Å². The van der Waals surface area contributed by atoms with Gasteiger partial charge in [0.05, 0.1) is 10.9 Å². The standard InChI is InChI=1S/C23H22N2O5S2/c26-23(25-10-2-6-19(25)22-7-3-11-31-22)17-4-1-5-18(13-17)32(27,28)24-14-16-8-9-20-21(12-16)30-15-29-20/h1,3-5,7-9,11-13,19,24H,2,6,10,14-15H2. The molecule has 0 saturated carbocycles. The highest BCUT2D eigenvalue weighted by Gasteiger charge is 2.31. The van der Waals surface area contributed by atoms with E-state index in [0.29, 0.717) is 23.6 Å². The molecule has 3 aromatic rings. The third kappa shape index (κ3) is 4.11. The van der Waals surface area contributed by atoms with Crippen molar-refractivity contribution in [2.75, 3.05) is 13.3 Å². The van der Waals surface area contributed by atoms with Crippen molar-refractivity contribution >= 4 is 27.3 Å². The first-order valence-corrected chi connectivity index (χ1v) is 12.7. The SMILES string of the molecule is O=C(c1cccc(S(=O)(=O)NCc2ccc3c(c2)OCO3)c1)N1CCCC1c1cccs1. The van der Waals surface area contributed by atoms with Crippen molar-refractivity contribution in [3.8, 4) is 11.5 Å². The molecule has 7 nitrogen and oxygen atoms in total. The van der Waals surface area contributed by atoms with E-state index in [1.807, 2.05) is 22.4 Å². The number of hydrogen-bond acceptors (Lipinski definition) is 6. The van der Waals surface area contributed by atoms with Crippen LogP contribution < -0.4 is 14.2 Å². The average Bonchev–Trinajstić information content (AvgIpc) is 3.58. The minimum atomic E-state index is -3.80. The Hall–Kier alpha value is -2.88. The largest absolute Gasteiger partial charge is 0.454 e. The Balaban J connectivity index is 1.32. The summed E-state index contributed by atoms with van der Waals surface area (Å²) in [5.74, 6) is 1.10. The molecule has 0 radical (unpaired) electrons. The minimum Gasteiger partial charge on any atom is -0.454 e. The summed E-state index contributed by atoms with van der Waals surface area (Å²) in [7, 11) is -3.80. The van der Waals surface area contributed by atoms with E-state index in [4.69, 9.17) is 9.47 Å². The highest BCUT2D eigenvalue weighted by molar-refractivity contribution is 7.89. The maximum Gasteiger partial charge on any atom is 0.254 e. The first-order valence-electron chi connectivity index (χ1n) is 10.3. The third-order valence-electron chi connectivity index (χ3n) is 5.68. The van der Waals surface area contributed by atoms with E-state index in [0.717, 1.165) is 23.3 Å².